The molecule has 2 unspecified atom stereocenters. The SMILES string of the molecule is CC1CCCC(Nc2ccc(SC(F)F)cc2)CC1. The second-order valence-electron chi connectivity index (χ2n) is 5.36. The first-order valence-electron chi connectivity index (χ1n) is 6.95. The lowest BCUT2D eigenvalue weighted by Crippen LogP contribution is -2.18. The van der Waals surface area contributed by atoms with E-state index in [2.05, 4.69) is 12.2 Å². The summed E-state index contributed by atoms with van der Waals surface area (Å²) < 4.78 is 24.4. The van der Waals surface area contributed by atoms with Crippen LogP contribution in [0.2, 0.25) is 0 Å². The van der Waals surface area contributed by atoms with Crippen LogP contribution in [-0.4, -0.2) is 11.8 Å². The van der Waals surface area contributed by atoms with Crippen molar-refractivity contribution in [3.8, 4) is 0 Å². The third kappa shape index (κ3) is 5.01. The van der Waals surface area contributed by atoms with Gasteiger partial charge < -0.3 is 5.32 Å². The van der Waals surface area contributed by atoms with Crippen molar-refractivity contribution in [1.82, 2.24) is 0 Å². The highest BCUT2D eigenvalue weighted by Gasteiger charge is 2.15. The van der Waals surface area contributed by atoms with Crippen LogP contribution in [0.1, 0.15) is 39.0 Å². The minimum atomic E-state index is -2.35. The molecule has 1 nitrogen and oxygen atoms in total. The van der Waals surface area contributed by atoms with Gasteiger partial charge >= 0.3 is 0 Å². The van der Waals surface area contributed by atoms with Gasteiger partial charge in [-0.15, -0.1) is 0 Å². The summed E-state index contributed by atoms with van der Waals surface area (Å²) >= 11 is 0.596. The Kier molecular flexibility index (Phi) is 5.49. The van der Waals surface area contributed by atoms with Crippen LogP contribution in [0.25, 0.3) is 0 Å². The number of thioether (sulfide) groups is 1. The van der Waals surface area contributed by atoms with Crippen molar-refractivity contribution in [2.75, 3.05) is 5.32 Å². The summed E-state index contributed by atoms with van der Waals surface area (Å²) in [6, 6.07) is 7.85. The Morgan fingerprint density at radius 3 is 2.53 bits per heavy atom. The number of hydrogen-bond donors (Lipinski definition) is 1. The zero-order valence-electron chi connectivity index (χ0n) is 11.2. The first-order chi connectivity index (χ1) is 9.13. The lowest BCUT2D eigenvalue weighted by atomic mass is 10.0. The van der Waals surface area contributed by atoms with Gasteiger partial charge in [0.05, 0.1) is 0 Å². The Hall–Kier alpha value is -0.770. The Labute approximate surface area is 118 Å². The predicted molar refractivity (Wildman–Crippen MR) is 78.0 cm³/mol. The number of hydrogen-bond acceptors (Lipinski definition) is 2. The number of alkyl halides is 2. The molecule has 0 amide bonds. The fourth-order valence-electron chi connectivity index (χ4n) is 2.60. The molecule has 0 aromatic heterocycles. The van der Waals surface area contributed by atoms with Crippen molar-refractivity contribution in [3.05, 3.63) is 24.3 Å². The van der Waals surface area contributed by atoms with Crippen LogP contribution in [0.3, 0.4) is 0 Å². The van der Waals surface area contributed by atoms with E-state index in [4.69, 9.17) is 0 Å². The molecule has 0 radical (unpaired) electrons. The number of anilines is 1. The molecule has 1 aliphatic carbocycles. The highest BCUT2D eigenvalue weighted by Crippen LogP contribution is 2.28. The number of halogens is 2. The maximum Gasteiger partial charge on any atom is 0.288 e. The first-order valence-corrected chi connectivity index (χ1v) is 7.83. The number of nitrogens with one attached hydrogen (secondary N) is 1. The second kappa shape index (κ2) is 7.13. The van der Waals surface area contributed by atoms with E-state index in [0.29, 0.717) is 22.7 Å². The number of benzene rings is 1. The van der Waals surface area contributed by atoms with E-state index < -0.39 is 5.76 Å². The molecule has 0 spiro atoms. The molecular formula is C15H21F2NS. The van der Waals surface area contributed by atoms with Crippen molar-refractivity contribution in [1.29, 1.82) is 0 Å². The van der Waals surface area contributed by atoms with Gasteiger partial charge in [-0.3, -0.25) is 0 Å². The normalized spacial score (nSPS) is 24.2. The molecule has 1 aliphatic rings. The molecule has 4 heteroatoms. The lowest BCUT2D eigenvalue weighted by molar-refractivity contribution is 0.252. The van der Waals surface area contributed by atoms with Crippen LogP contribution >= 0.6 is 11.8 Å². The summed E-state index contributed by atoms with van der Waals surface area (Å²) in [5.41, 5.74) is 1.04. The summed E-state index contributed by atoms with van der Waals surface area (Å²) in [5.74, 6) is -1.52. The standard InChI is InChI=1S/C15H21F2NS/c1-11-3-2-4-12(6-5-11)18-13-7-9-14(10-8-13)19-15(16)17/h7-12,15,18H,2-6H2,1H3. The van der Waals surface area contributed by atoms with Crippen molar-refractivity contribution < 1.29 is 8.78 Å². The second-order valence-corrected chi connectivity index (χ2v) is 6.42. The van der Waals surface area contributed by atoms with E-state index in [-0.39, 0.29) is 0 Å². The van der Waals surface area contributed by atoms with Crippen LogP contribution in [-0.2, 0) is 0 Å². The van der Waals surface area contributed by atoms with E-state index in [1.54, 1.807) is 12.1 Å². The van der Waals surface area contributed by atoms with Crippen LogP contribution in [0.4, 0.5) is 14.5 Å². The molecule has 1 fully saturated rings. The number of rotatable bonds is 4. The zero-order valence-corrected chi connectivity index (χ0v) is 12.1. The molecule has 0 bridgehead atoms. The van der Waals surface area contributed by atoms with Crippen LogP contribution in [0, 0.1) is 5.92 Å². The van der Waals surface area contributed by atoms with Gasteiger partial charge in [0, 0.05) is 16.6 Å². The van der Waals surface area contributed by atoms with Crippen molar-refractivity contribution in [2.45, 2.75) is 55.7 Å². The van der Waals surface area contributed by atoms with E-state index in [1.165, 1.54) is 32.1 Å². The third-order valence-corrected chi connectivity index (χ3v) is 4.43. The molecule has 2 atom stereocenters. The van der Waals surface area contributed by atoms with E-state index in [0.717, 1.165) is 11.6 Å². The fourth-order valence-corrected chi connectivity index (χ4v) is 3.10. The van der Waals surface area contributed by atoms with E-state index in [1.807, 2.05) is 12.1 Å². The molecule has 0 heterocycles. The fraction of sp³-hybridized carbons (Fsp3) is 0.600. The summed E-state index contributed by atoms with van der Waals surface area (Å²) in [7, 11) is 0. The van der Waals surface area contributed by atoms with Crippen molar-refractivity contribution >= 4 is 17.4 Å². The maximum atomic E-state index is 12.2. The van der Waals surface area contributed by atoms with Gasteiger partial charge in [0.1, 0.15) is 0 Å². The molecule has 1 saturated carbocycles. The van der Waals surface area contributed by atoms with Gasteiger partial charge in [-0.25, -0.2) is 0 Å². The van der Waals surface area contributed by atoms with Crippen LogP contribution < -0.4 is 5.32 Å². The topological polar surface area (TPSA) is 12.0 Å². The van der Waals surface area contributed by atoms with Gasteiger partial charge in [-0.1, -0.05) is 31.5 Å². The molecule has 1 N–H and O–H groups in total. The molecule has 0 aliphatic heterocycles. The Balaban J connectivity index is 1.88. The maximum absolute atomic E-state index is 12.2. The Morgan fingerprint density at radius 1 is 1.11 bits per heavy atom. The van der Waals surface area contributed by atoms with Gasteiger partial charge in [-0.05, 0) is 49.4 Å². The summed E-state index contributed by atoms with van der Waals surface area (Å²) in [4.78, 5) is 0.620. The largest absolute Gasteiger partial charge is 0.382 e. The molecule has 106 valence electrons. The quantitative estimate of drug-likeness (QED) is 0.588. The molecule has 1 aromatic carbocycles. The molecule has 0 saturated heterocycles. The Bertz CT molecular complexity index is 380. The zero-order chi connectivity index (χ0) is 13.7. The summed E-state index contributed by atoms with van der Waals surface area (Å²) in [6.45, 7) is 2.32. The summed E-state index contributed by atoms with van der Waals surface area (Å²) in [5, 5.41) is 3.53. The molecule has 1 aromatic rings. The minimum absolute atomic E-state index is 0.526. The lowest BCUT2D eigenvalue weighted by Gasteiger charge is -2.18. The molecule has 19 heavy (non-hydrogen) atoms. The predicted octanol–water partition coefficient (Wildman–Crippen LogP) is 5.38. The van der Waals surface area contributed by atoms with Crippen LogP contribution in [0.15, 0.2) is 29.2 Å². The van der Waals surface area contributed by atoms with Gasteiger partial charge in [0.25, 0.3) is 5.76 Å². The molecular weight excluding hydrogens is 264 g/mol. The van der Waals surface area contributed by atoms with Crippen LogP contribution in [0.5, 0.6) is 0 Å². The summed E-state index contributed by atoms with van der Waals surface area (Å²) in [6.07, 6.45) is 6.28. The average Bonchev–Trinajstić information content (AvgIpc) is 2.56. The van der Waals surface area contributed by atoms with Crippen molar-refractivity contribution in [3.63, 3.8) is 0 Å². The van der Waals surface area contributed by atoms with Gasteiger partial charge in [0.15, 0.2) is 0 Å². The van der Waals surface area contributed by atoms with Gasteiger partial charge in [0.2, 0.25) is 0 Å². The van der Waals surface area contributed by atoms with Crippen molar-refractivity contribution in [2.24, 2.45) is 5.92 Å². The average molecular weight is 285 g/mol. The third-order valence-electron chi connectivity index (χ3n) is 3.71. The highest BCUT2D eigenvalue weighted by molar-refractivity contribution is 7.99. The van der Waals surface area contributed by atoms with Gasteiger partial charge in [-0.2, -0.15) is 8.78 Å². The monoisotopic (exact) mass is 285 g/mol. The minimum Gasteiger partial charge on any atom is -0.382 e. The Morgan fingerprint density at radius 2 is 1.84 bits per heavy atom. The smallest absolute Gasteiger partial charge is 0.288 e. The highest BCUT2D eigenvalue weighted by atomic mass is 32.2. The van der Waals surface area contributed by atoms with E-state index in [9.17, 15) is 8.78 Å². The first kappa shape index (κ1) is 14.6. The van der Waals surface area contributed by atoms with E-state index >= 15 is 0 Å². The molecule has 2 rings (SSSR count).